The van der Waals surface area contributed by atoms with Gasteiger partial charge in [-0.15, -0.1) is 0 Å². The topological polar surface area (TPSA) is 135 Å². The highest BCUT2D eigenvalue weighted by Gasteiger charge is 2.28. The van der Waals surface area contributed by atoms with Crippen LogP contribution in [0.15, 0.2) is 63.9 Å². The number of carbonyl (C=O) groups is 1. The van der Waals surface area contributed by atoms with Gasteiger partial charge >= 0.3 is 5.76 Å². The molecule has 2 N–H and O–H groups in total. The number of nitrogens with zero attached hydrogens (tertiary/aromatic N) is 4. The largest absolute Gasteiger partial charge is 0.420 e. The molecule has 11 heteroatoms. The van der Waals surface area contributed by atoms with Gasteiger partial charge in [-0.2, -0.15) is 5.26 Å². The number of benzene rings is 2. The number of nitrogens with one attached hydrogen (secondary N) is 2. The maximum Gasteiger partial charge on any atom is 0.420 e. The second-order valence-corrected chi connectivity index (χ2v) is 12.4. The first-order valence-corrected chi connectivity index (χ1v) is 16.3. The van der Waals surface area contributed by atoms with Crippen LogP contribution in [-0.2, 0) is 17.7 Å². The smallest absolute Gasteiger partial charge is 0.408 e. The Morgan fingerprint density at radius 3 is 2.60 bits per heavy atom. The molecule has 1 amide bonds. The van der Waals surface area contributed by atoms with E-state index in [1.54, 1.807) is 24.4 Å². The number of oxazole rings is 1. The minimum atomic E-state index is -0.647. The maximum absolute atomic E-state index is 14.4. The molecular formula is C37H35FN6O4. The molecule has 0 radical (unpaired) electrons. The van der Waals surface area contributed by atoms with Crippen molar-refractivity contribution in [2.75, 3.05) is 31.6 Å². The Morgan fingerprint density at radius 2 is 1.81 bits per heavy atom. The van der Waals surface area contributed by atoms with Crippen LogP contribution in [0.4, 0.5) is 10.2 Å². The fourth-order valence-electron chi connectivity index (χ4n) is 6.73. The van der Waals surface area contributed by atoms with E-state index in [0.717, 1.165) is 61.4 Å². The fraction of sp³-hybridized carbons (Fsp3) is 0.324. The molecule has 0 atom stereocenters. The van der Waals surface area contributed by atoms with Crippen molar-refractivity contribution >= 4 is 22.8 Å². The highest BCUT2D eigenvalue weighted by atomic mass is 19.1. The van der Waals surface area contributed by atoms with Crippen LogP contribution in [0.2, 0.25) is 0 Å². The number of hydrogen-bond acceptors (Lipinski definition) is 8. The Labute approximate surface area is 276 Å². The van der Waals surface area contributed by atoms with Crippen molar-refractivity contribution in [2.24, 2.45) is 5.92 Å². The van der Waals surface area contributed by atoms with Crippen LogP contribution < -0.4 is 16.4 Å². The summed E-state index contributed by atoms with van der Waals surface area (Å²) >= 11 is 0. The fourth-order valence-corrected chi connectivity index (χ4v) is 6.73. The number of aryl methyl sites for hydroxylation is 2. The first-order chi connectivity index (χ1) is 23.4. The predicted octanol–water partition coefficient (Wildman–Crippen LogP) is 5.99. The highest BCUT2D eigenvalue weighted by Crippen LogP contribution is 2.42. The monoisotopic (exact) mass is 646 g/mol. The number of anilines is 1. The zero-order chi connectivity index (χ0) is 33.2. The van der Waals surface area contributed by atoms with Gasteiger partial charge in [-0.3, -0.25) is 14.3 Å². The van der Waals surface area contributed by atoms with Crippen molar-refractivity contribution in [1.82, 2.24) is 19.9 Å². The highest BCUT2D eigenvalue weighted by molar-refractivity contribution is 6.09. The van der Waals surface area contributed by atoms with Crippen LogP contribution in [-0.4, -0.2) is 46.7 Å². The molecule has 2 aliphatic rings. The number of carbonyl (C=O) groups excluding carboxylic acids is 1. The standard InChI is InChI=1S/C37H35FN6O4/c1-22-17-26(9-14-40-22)32-29(7-4-23-10-15-47-16-11-23)43-35-34(36(45)42-13-2-12-41-35)33(32)25-6-8-30-31(19-25)48-37(46)44(30)21-24-3-5-27(20-39)28(38)18-24/h3,5-6,8-9,14,17-19,23H,2,4,7,10-13,15-16,21H2,1H3,(H,41,43)(H,42,45). The number of rotatable bonds is 7. The molecule has 0 aliphatic carbocycles. The van der Waals surface area contributed by atoms with Crippen molar-refractivity contribution in [1.29, 1.82) is 5.26 Å². The molecule has 7 rings (SSSR count). The van der Waals surface area contributed by atoms with E-state index in [-0.39, 0.29) is 18.0 Å². The lowest BCUT2D eigenvalue weighted by atomic mass is 9.86. The molecule has 0 spiro atoms. The summed E-state index contributed by atoms with van der Waals surface area (Å²) in [5, 5.41) is 15.6. The minimum absolute atomic E-state index is 0.0582. The molecular weight excluding hydrogens is 611 g/mol. The molecule has 0 bridgehead atoms. The Kier molecular flexibility index (Phi) is 8.74. The summed E-state index contributed by atoms with van der Waals surface area (Å²) in [7, 11) is 0. The van der Waals surface area contributed by atoms with Gasteiger partial charge in [0.05, 0.1) is 28.9 Å². The van der Waals surface area contributed by atoms with E-state index in [4.69, 9.17) is 19.4 Å². The van der Waals surface area contributed by atoms with Crippen LogP contribution in [0.3, 0.4) is 0 Å². The summed E-state index contributed by atoms with van der Waals surface area (Å²) in [6, 6.07) is 15.5. The number of pyridine rings is 2. The predicted molar refractivity (Wildman–Crippen MR) is 179 cm³/mol. The number of ether oxygens (including phenoxy) is 1. The molecule has 1 fully saturated rings. The van der Waals surface area contributed by atoms with Crippen LogP contribution in [0.25, 0.3) is 33.4 Å². The third kappa shape index (κ3) is 6.19. The summed E-state index contributed by atoms with van der Waals surface area (Å²) < 4.78 is 27.2. The van der Waals surface area contributed by atoms with E-state index in [2.05, 4.69) is 15.6 Å². The molecule has 2 aliphatic heterocycles. The first-order valence-electron chi connectivity index (χ1n) is 16.3. The van der Waals surface area contributed by atoms with Crippen LogP contribution in [0.5, 0.6) is 0 Å². The van der Waals surface area contributed by atoms with Crippen molar-refractivity contribution in [3.63, 3.8) is 0 Å². The Hall–Kier alpha value is -5.34. The van der Waals surface area contributed by atoms with E-state index in [0.29, 0.717) is 64.6 Å². The Bertz CT molecular complexity index is 2130. The minimum Gasteiger partial charge on any atom is -0.408 e. The zero-order valence-corrected chi connectivity index (χ0v) is 26.6. The number of hydrogen-bond donors (Lipinski definition) is 2. The summed E-state index contributed by atoms with van der Waals surface area (Å²) in [5.74, 6) is -0.432. The van der Waals surface area contributed by atoms with E-state index >= 15 is 0 Å². The van der Waals surface area contributed by atoms with Gasteiger partial charge in [0.1, 0.15) is 17.7 Å². The number of aromatic nitrogens is 3. The quantitative estimate of drug-likeness (QED) is 0.220. The SMILES string of the molecule is Cc1cc(-c2c(CCC3CCOCC3)nc3c(c2-c2ccc4c(c2)oc(=O)n4Cc2ccc(C#N)c(F)c2)C(=O)NCCCN3)ccn1. The summed E-state index contributed by atoms with van der Waals surface area (Å²) in [5.41, 5.74) is 6.59. The summed E-state index contributed by atoms with van der Waals surface area (Å²) in [4.78, 5) is 36.6. The molecule has 1 saturated heterocycles. The van der Waals surface area contributed by atoms with Gasteiger partial charge in [-0.1, -0.05) is 12.1 Å². The summed E-state index contributed by atoms with van der Waals surface area (Å²) in [6.45, 7) is 4.69. The average Bonchev–Trinajstić information content (AvgIpc) is 3.39. The third-order valence-corrected chi connectivity index (χ3v) is 9.20. The average molecular weight is 647 g/mol. The van der Waals surface area contributed by atoms with E-state index < -0.39 is 11.6 Å². The van der Waals surface area contributed by atoms with Crippen molar-refractivity contribution in [2.45, 2.75) is 45.6 Å². The lowest BCUT2D eigenvalue weighted by molar-refractivity contribution is 0.0639. The van der Waals surface area contributed by atoms with Gasteiger partial charge in [-0.05, 0) is 98.0 Å². The number of amides is 1. The molecule has 2 aromatic carbocycles. The van der Waals surface area contributed by atoms with Gasteiger partial charge in [0.25, 0.3) is 5.91 Å². The maximum atomic E-state index is 14.4. The second kappa shape index (κ2) is 13.4. The molecule has 10 nitrogen and oxygen atoms in total. The van der Waals surface area contributed by atoms with Gasteiger partial charge in [-0.25, -0.2) is 14.2 Å². The molecule has 5 heterocycles. The van der Waals surface area contributed by atoms with E-state index in [1.165, 1.54) is 16.7 Å². The van der Waals surface area contributed by atoms with Crippen LogP contribution in [0, 0.1) is 30.0 Å². The number of halogens is 1. The molecule has 48 heavy (non-hydrogen) atoms. The normalized spacial score (nSPS) is 15.2. The van der Waals surface area contributed by atoms with Crippen molar-refractivity contribution in [3.05, 3.63) is 99.2 Å². The number of fused-ring (bicyclic) bond motifs is 2. The van der Waals surface area contributed by atoms with Gasteiger partial charge in [0.2, 0.25) is 0 Å². The zero-order valence-electron chi connectivity index (χ0n) is 26.6. The van der Waals surface area contributed by atoms with Crippen LogP contribution in [0.1, 0.15) is 58.6 Å². The molecule has 3 aromatic heterocycles. The summed E-state index contributed by atoms with van der Waals surface area (Å²) in [6.07, 6.45) is 6.18. The van der Waals surface area contributed by atoms with Gasteiger partial charge < -0.3 is 19.8 Å². The Balaban J connectivity index is 1.40. The first kappa shape index (κ1) is 31.3. The van der Waals surface area contributed by atoms with E-state index in [1.807, 2.05) is 31.2 Å². The lowest BCUT2D eigenvalue weighted by Crippen LogP contribution is -2.31. The van der Waals surface area contributed by atoms with Gasteiger partial charge in [0, 0.05) is 49.3 Å². The van der Waals surface area contributed by atoms with Crippen LogP contribution >= 0.6 is 0 Å². The molecule has 0 unspecified atom stereocenters. The number of nitriles is 1. The van der Waals surface area contributed by atoms with Crippen molar-refractivity contribution in [3.8, 4) is 28.3 Å². The lowest BCUT2D eigenvalue weighted by Gasteiger charge is -2.26. The van der Waals surface area contributed by atoms with E-state index in [9.17, 15) is 14.0 Å². The second-order valence-electron chi connectivity index (χ2n) is 12.4. The molecule has 0 saturated carbocycles. The van der Waals surface area contributed by atoms with Gasteiger partial charge in [0.15, 0.2) is 5.58 Å². The molecule has 244 valence electrons. The third-order valence-electron chi connectivity index (χ3n) is 9.20. The van der Waals surface area contributed by atoms with Crippen molar-refractivity contribution < 1.29 is 18.3 Å². The Morgan fingerprint density at radius 1 is 1.00 bits per heavy atom. The molecule has 5 aromatic rings.